The third-order valence-electron chi connectivity index (χ3n) is 5.75. The van der Waals surface area contributed by atoms with Gasteiger partial charge in [-0.15, -0.1) is 0 Å². The average molecular weight is 491 g/mol. The van der Waals surface area contributed by atoms with Crippen molar-refractivity contribution >= 4 is 29.1 Å². The number of aromatic hydroxyl groups is 1. The van der Waals surface area contributed by atoms with E-state index in [0.29, 0.717) is 21.9 Å². The molecule has 4 aromatic rings. The third-order valence-corrected chi connectivity index (χ3v) is 5.97. The lowest BCUT2D eigenvalue weighted by Gasteiger charge is -2.11. The number of carbonyl (C=O) groups is 1. The van der Waals surface area contributed by atoms with E-state index >= 15 is 0 Å². The Balaban J connectivity index is 1.59. The van der Waals surface area contributed by atoms with Gasteiger partial charge in [0.25, 0.3) is 11.5 Å². The SMILES string of the molecule is N/C(=N\OC(=O)C1CC1)c1cccc(-c2c(O)[n+](Cc3ccc(Cl)nc3)c3ccccn3c2=O)c1. The van der Waals surface area contributed by atoms with Crippen LogP contribution in [-0.2, 0) is 16.2 Å². The Morgan fingerprint density at radius 1 is 1.23 bits per heavy atom. The summed E-state index contributed by atoms with van der Waals surface area (Å²) in [6, 6.07) is 15.4. The number of pyridine rings is 2. The molecule has 1 saturated carbocycles. The molecular weight excluding hydrogens is 470 g/mol. The summed E-state index contributed by atoms with van der Waals surface area (Å²) < 4.78 is 3.07. The van der Waals surface area contributed by atoms with Crippen molar-refractivity contribution in [3.05, 3.63) is 93.6 Å². The second kappa shape index (κ2) is 9.19. The van der Waals surface area contributed by atoms with Crippen LogP contribution in [0.5, 0.6) is 5.88 Å². The molecule has 0 aliphatic heterocycles. The smallest absolute Gasteiger partial charge is 0.354 e. The number of carbonyl (C=O) groups excluding carboxylic acids is 1. The Morgan fingerprint density at radius 3 is 2.80 bits per heavy atom. The molecule has 9 nitrogen and oxygen atoms in total. The van der Waals surface area contributed by atoms with Gasteiger partial charge in [-0.3, -0.25) is 0 Å². The fourth-order valence-electron chi connectivity index (χ4n) is 3.75. The molecule has 1 aliphatic carbocycles. The van der Waals surface area contributed by atoms with Crippen LogP contribution in [-0.4, -0.2) is 26.3 Å². The summed E-state index contributed by atoms with van der Waals surface area (Å²) >= 11 is 5.91. The van der Waals surface area contributed by atoms with Gasteiger partial charge in [0, 0.05) is 23.4 Å². The second-order valence-corrected chi connectivity index (χ2v) is 8.64. The zero-order chi connectivity index (χ0) is 24.5. The number of hydrogen-bond acceptors (Lipinski definition) is 6. The highest BCUT2D eigenvalue weighted by atomic mass is 35.5. The van der Waals surface area contributed by atoms with Crippen molar-refractivity contribution in [1.29, 1.82) is 0 Å². The van der Waals surface area contributed by atoms with Gasteiger partial charge < -0.3 is 15.7 Å². The molecule has 0 unspecified atom stereocenters. The van der Waals surface area contributed by atoms with Crippen molar-refractivity contribution < 1.29 is 19.3 Å². The molecular formula is C25H21ClN5O4+. The number of rotatable bonds is 6. The maximum Gasteiger partial charge on any atom is 0.354 e. The van der Waals surface area contributed by atoms with Crippen molar-refractivity contribution in [2.75, 3.05) is 0 Å². The van der Waals surface area contributed by atoms with E-state index in [1.165, 1.54) is 4.40 Å². The fourth-order valence-corrected chi connectivity index (χ4v) is 3.86. The number of halogens is 1. The Hall–Kier alpha value is -4.24. The largest absolute Gasteiger partial charge is 0.477 e. The van der Waals surface area contributed by atoms with Crippen molar-refractivity contribution in [3.63, 3.8) is 0 Å². The molecule has 1 fully saturated rings. The van der Waals surface area contributed by atoms with Gasteiger partial charge in [-0.1, -0.05) is 47.1 Å². The number of amidine groups is 1. The molecule has 0 atom stereocenters. The standard InChI is InChI=1S/C25H20ClN5O4/c26-19-10-7-15(13-28-19)14-31-20-6-1-2-11-30(20)23(32)21(24(31)33)17-4-3-5-18(12-17)22(27)29-35-25(34)16-8-9-16/h1-7,10-13,16H,8-9,14H2,(H2-,27,29,32,33)/p+1. The highest BCUT2D eigenvalue weighted by molar-refractivity contribution is 6.29. The molecule has 1 aromatic carbocycles. The van der Waals surface area contributed by atoms with Crippen LogP contribution in [0.2, 0.25) is 5.15 Å². The van der Waals surface area contributed by atoms with Crippen molar-refractivity contribution in [3.8, 4) is 17.0 Å². The normalized spacial score (nSPS) is 13.7. The van der Waals surface area contributed by atoms with Crippen LogP contribution in [0.15, 0.2) is 76.9 Å². The molecule has 0 spiro atoms. The van der Waals surface area contributed by atoms with Gasteiger partial charge in [0.1, 0.15) is 11.7 Å². The van der Waals surface area contributed by atoms with Crippen LogP contribution < -0.4 is 15.9 Å². The minimum Gasteiger partial charge on any atom is -0.477 e. The van der Waals surface area contributed by atoms with Gasteiger partial charge in [0.2, 0.25) is 0 Å². The monoisotopic (exact) mass is 490 g/mol. The predicted octanol–water partition coefficient (Wildman–Crippen LogP) is 2.63. The summed E-state index contributed by atoms with van der Waals surface area (Å²) in [5, 5.41) is 15.4. The Kier molecular flexibility index (Phi) is 5.92. The molecule has 0 saturated heterocycles. The van der Waals surface area contributed by atoms with E-state index in [4.69, 9.17) is 22.2 Å². The highest BCUT2D eigenvalue weighted by Gasteiger charge is 2.32. The summed E-state index contributed by atoms with van der Waals surface area (Å²) in [5.74, 6) is -0.753. The molecule has 3 heterocycles. The van der Waals surface area contributed by atoms with Crippen LogP contribution in [0.1, 0.15) is 24.0 Å². The third kappa shape index (κ3) is 4.58. The zero-order valence-corrected chi connectivity index (χ0v) is 19.2. The summed E-state index contributed by atoms with van der Waals surface area (Å²) in [5.41, 5.74) is 7.86. The number of fused-ring (bicyclic) bond motifs is 1. The molecule has 3 N–H and O–H groups in total. The first-order valence-electron chi connectivity index (χ1n) is 10.9. The molecule has 0 radical (unpaired) electrons. The van der Waals surface area contributed by atoms with E-state index in [-0.39, 0.29) is 29.7 Å². The first-order chi connectivity index (χ1) is 16.9. The topological polar surface area (TPSA) is 123 Å². The lowest BCUT2D eigenvalue weighted by Crippen LogP contribution is -2.41. The summed E-state index contributed by atoms with van der Waals surface area (Å²) in [6.07, 6.45) is 4.83. The van der Waals surface area contributed by atoms with Crippen LogP contribution in [0, 0.1) is 5.92 Å². The quantitative estimate of drug-likeness (QED) is 0.107. The molecule has 10 heteroatoms. The summed E-state index contributed by atoms with van der Waals surface area (Å²) in [4.78, 5) is 34.2. The van der Waals surface area contributed by atoms with Gasteiger partial charge in [-0.05, 0) is 36.6 Å². The lowest BCUT2D eigenvalue weighted by molar-refractivity contribution is -0.671. The molecule has 0 amide bonds. The zero-order valence-electron chi connectivity index (χ0n) is 18.5. The van der Waals surface area contributed by atoms with Gasteiger partial charge >= 0.3 is 11.5 Å². The lowest BCUT2D eigenvalue weighted by atomic mass is 10.0. The Labute approximate surface area is 204 Å². The number of nitrogens with zero attached hydrogens (tertiary/aromatic N) is 4. The molecule has 5 rings (SSSR count). The first kappa shape index (κ1) is 22.5. The van der Waals surface area contributed by atoms with Gasteiger partial charge in [-0.25, -0.2) is 14.6 Å². The molecule has 176 valence electrons. The molecule has 1 aliphatic rings. The van der Waals surface area contributed by atoms with Crippen LogP contribution in [0.25, 0.3) is 16.8 Å². The number of nitrogens with two attached hydrogens (primary N) is 1. The van der Waals surface area contributed by atoms with Crippen LogP contribution >= 0.6 is 11.6 Å². The van der Waals surface area contributed by atoms with E-state index in [1.807, 2.05) is 0 Å². The predicted molar refractivity (Wildman–Crippen MR) is 129 cm³/mol. The van der Waals surface area contributed by atoms with Crippen LogP contribution in [0.3, 0.4) is 0 Å². The van der Waals surface area contributed by atoms with Crippen molar-refractivity contribution in [2.24, 2.45) is 16.8 Å². The van der Waals surface area contributed by atoms with Crippen molar-refractivity contribution in [1.82, 2.24) is 9.38 Å². The number of aromatic nitrogens is 3. The minimum atomic E-state index is -0.410. The van der Waals surface area contributed by atoms with Crippen LogP contribution in [0.4, 0.5) is 0 Å². The van der Waals surface area contributed by atoms with E-state index in [9.17, 15) is 14.7 Å². The molecule has 0 bridgehead atoms. The summed E-state index contributed by atoms with van der Waals surface area (Å²) in [6.45, 7) is 0.247. The molecule has 35 heavy (non-hydrogen) atoms. The first-order valence-corrected chi connectivity index (χ1v) is 11.3. The minimum absolute atomic E-state index is 0.0126. The van der Waals surface area contributed by atoms with E-state index < -0.39 is 11.5 Å². The van der Waals surface area contributed by atoms with E-state index in [2.05, 4.69) is 10.1 Å². The highest BCUT2D eigenvalue weighted by Crippen LogP contribution is 2.30. The Morgan fingerprint density at radius 2 is 2.06 bits per heavy atom. The molecule has 3 aromatic heterocycles. The number of oxime groups is 1. The second-order valence-electron chi connectivity index (χ2n) is 8.25. The van der Waals surface area contributed by atoms with Crippen molar-refractivity contribution in [2.45, 2.75) is 19.4 Å². The Bertz CT molecular complexity index is 1530. The summed E-state index contributed by atoms with van der Waals surface area (Å²) in [7, 11) is 0. The number of benzene rings is 1. The van der Waals surface area contributed by atoms with Gasteiger partial charge in [0.15, 0.2) is 11.4 Å². The maximum atomic E-state index is 13.4. The van der Waals surface area contributed by atoms with Gasteiger partial charge in [-0.2, -0.15) is 8.97 Å². The average Bonchev–Trinajstić information content (AvgIpc) is 3.72. The van der Waals surface area contributed by atoms with E-state index in [0.717, 1.165) is 18.4 Å². The fraction of sp³-hybridized carbons (Fsp3) is 0.160. The maximum absolute atomic E-state index is 13.4. The van der Waals surface area contributed by atoms with Gasteiger partial charge in [0.05, 0.1) is 12.1 Å². The number of hydrogen-bond donors (Lipinski definition) is 2. The van der Waals surface area contributed by atoms with E-state index in [1.54, 1.807) is 71.6 Å².